The van der Waals surface area contributed by atoms with Gasteiger partial charge in [-0.25, -0.2) is 0 Å². The Morgan fingerprint density at radius 1 is 1.50 bits per heavy atom. The summed E-state index contributed by atoms with van der Waals surface area (Å²) >= 11 is 1.69. The average molecular weight is 235 g/mol. The summed E-state index contributed by atoms with van der Waals surface area (Å²) in [6.45, 7) is 2.24. The highest BCUT2D eigenvalue weighted by molar-refractivity contribution is 7.17. The fourth-order valence-electron chi connectivity index (χ4n) is 1.52. The Balaban J connectivity index is 2.13. The fourth-order valence-corrected chi connectivity index (χ4v) is 2.48. The second-order valence-corrected chi connectivity index (χ2v) is 4.61. The molecule has 0 saturated carbocycles. The Bertz CT molecular complexity index is 506. The van der Waals surface area contributed by atoms with Gasteiger partial charge in [0.2, 0.25) is 0 Å². The van der Waals surface area contributed by atoms with Crippen molar-refractivity contribution in [2.45, 2.75) is 19.5 Å². The molecule has 2 aromatic rings. The van der Waals surface area contributed by atoms with E-state index in [9.17, 15) is 4.79 Å². The average Bonchev–Trinajstić information content (AvgIpc) is 2.69. The molecular formula is C12H13NO2S. The van der Waals surface area contributed by atoms with E-state index >= 15 is 0 Å². The number of rotatable bonds is 4. The van der Waals surface area contributed by atoms with Gasteiger partial charge in [-0.3, -0.25) is 4.79 Å². The molecule has 0 unspecified atom stereocenters. The molecule has 2 rings (SSSR count). The molecule has 4 heteroatoms. The van der Waals surface area contributed by atoms with Crippen LogP contribution in [-0.2, 0) is 11.3 Å². The van der Waals surface area contributed by atoms with E-state index in [0.717, 1.165) is 5.56 Å². The lowest BCUT2D eigenvalue weighted by Crippen LogP contribution is -2.32. The molecule has 3 nitrogen and oxygen atoms in total. The fraction of sp³-hybridized carbons (Fsp3) is 0.250. The standard InChI is InChI=1S/C12H13NO2S/c1-8(12(14)15)13-6-9-7-16-11-5-3-2-4-10(9)11/h2-5,7-8,13H,6H2,1H3,(H,14,15)/t8-/m1/s1. The van der Waals surface area contributed by atoms with Crippen molar-refractivity contribution < 1.29 is 9.90 Å². The number of hydrogen-bond donors (Lipinski definition) is 2. The van der Waals surface area contributed by atoms with Gasteiger partial charge in [0.05, 0.1) is 0 Å². The molecule has 84 valence electrons. The van der Waals surface area contributed by atoms with Gasteiger partial charge in [-0.05, 0) is 29.3 Å². The van der Waals surface area contributed by atoms with Crippen molar-refractivity contribution >= 4 is 27.4 Å². The number of nitrogens with one attached hydrogen (secondary N) is 1. The molecule has 16 heavy (non-hydrogen) atoms. The van der Waals surface area contributed by atoms with Crippen LogP contribution >= 0.6 is 11.3 Å². The molecule has 0 aliphatic heterocycles. The summed E-state index contributed by atoms with van der Waals surface area (Å²) < 4.78 is 1.24. The smallest absolute Gasteiger partial charge is 0.320 e. The van der Waals surface area contributed by atoms with Crippen molar-refractivity contribution in [2.24, 2.45) is 0 Å². The van der Waals surface area contributed by atoms with Crippen LogP contribution in [0.2, 0.25) is 0 Å². The minimum Gasteiger partial charge on any atom is -0.480 e. The van der Waals surface area contributed by atoms with Crippen molar-refractivity contribution in [3.8, 4) is 0 Å². The number of benzene rings is 1. The minimum absolute atomic E-state index is 0.515. The summed E-state index contributed by atoms with van der Waals surface area (Å²) in [5.74, 6) is -0.820. The van der Waals surface area contributed by atoms with Gasteiger partial charge in [0.15, 0.2) is 0 Å². The first-order valence-corrected chi connectivity index (χ1v) is 5.98. The molecule has 0 radical (unpaired) electrons. The third-order valence-electron chi connectivity index (χ3n) is 2.53. The maximum Gasteiger partial charge on any atom is 0.320 e. The van der Waals surface area contributed by atoms with Crippen LogP contribution in [0.5, 0.6) is 0 Å². The molecule has 0 bridgehead atoms. The molecule has 1 aromatic carbocycles. The van der Waals surface area contributed by atoms with E-state index in [1.54, 1.807) is 18.3 Å². The molecular weight excluding hydrogens is 222 g/mol. The molecule has 2 N–H and O–H groups in total. The lowest BCUT2D eigenvalue weighted by Gasteiger charge is -2.07. The van der Waals surface area contributed by atoms with Crippen molar-refractivity contribution in [3.05, 3.63) is 35.2 Å². The van der Waals surface area contributed by atoms with Crippen LogP contribution in [0.25, 0.3) is 10.1 Å². The van der Waals surface area contributed by atoms with Crippen LogP contribution in [0, 0.1) is 0 Å². The first-order chi connectivity index (χ1) is 7.68. The Morgan fingerprint density at radius 3 is 3.00 bits per heavy atom. The van der Waals surface area contributed by atoms with E-state index < -0.39 is 12.0 Å². The lowest BCUT2D eigenvalue weighted by atomic mass is 10.2. The number of carbonyl (C=O) groups is 1. The molecule has 0 saturated heterocycles. The first-order valence-electron chi connectivity index (χ1n) is 5.10. The number of fused-ring (bicyclic) bond motifs is 1. The van der Waals surface area contributed by atoms with Crippen LogP contribution in [0.1, 0.15) is 12.5 Å². The second-order valence-electron chi connectivity index (χ2n) is 3.70. The lowest BCUT2D eigenvalue weighted by molar-refractivity contribution is -0.139. The number of hydrogen-bond acceptors (Lipinski definition) is 3. The maximum atomic E-state index is 10.7. The molecule has 1 atom stereocenters. The van der Waals surface area contributed by atoms with Gasteiger partial charge >= 0.3 is 5.97 Å². The highest BCUT2D eigenvalue weighted by Crippen LogP contribution is 2.25. The number of carboxylic acid groups (broad SMARTS) is 1. The van der Waals surface area contributed by atoms with Gasteiger partial charge < -0.3 is 10.4 Å². The van der Waals surface area contributed by atoms with Crippen molar-refractivity contribution in [2.75, 3.05) is 0 Å². The zero-order valence-corrected chi connectivity index (χ0v) is 9.75. The molecule has 0 fully saturated rings. The summed E-state index contributed by atoms with van der Waals surface area (Å²) in [6.07, 6.45) is 0. The predicted octanol–water partition coefficient (Wildman–Crippen LogP) is 2.46. The summed E-state index contributed by atoms with van der Waals surface area (Å²) in [6, 6.07) is 7.63. The van der Waals surface area contributed by atoms with Crippen LogP contribution in [0.4, 0.5) is 0 Å². The summed E-state index contributed by atoms with van der Waals surface area (Å²) in [7, 11) is 0. The van der Waals surface area contributed by atoms with Gasteiger partial charge in [-0.15, -0.1) is 11.3 Å². The van der Waals surface area contributed by atoms with Gasteiger partial charge in [-0.2, -0.15) is 0 Å². The summed E-state index contributed by atoms with van der Waals surface area (Å²) in [5, 5.41) is 15.0. The van der Waals surface area contributed by atoms with E-state index in [-0.39, 0.29) is 0 Å². The van der Waals surface area contributed by atoms with E-state index in [1.807, 2.05) is 12.1 Å². The number of carboxylic acids is 1. The van der Waals surface area contributed by atoms with Crippen molar-refractivity contribution in [1.82, 2.24) is 5.32 Å². The molecule has 1 heterocycles. The van der Waals surface area contributed by atoms with Gasteiger partial charge in [-0.1, -0.05) is 18.2 Å². The zero-order chi connectivity index (χ0) is 11.5. The van der Waals surface area contributed by atoms with Gasteiger partial charge in [0.25, 0.3) is 0 Å². The molecule has 1 aromatic heterocycles. The number of thiophene rings is 1. The minimum atomic E-state index is -0.820. The Labute approximate surface area is 97.7 Å². The highest BCUT2D eigenvalue weighted by Gasteiger charge is 2.10. The van der Waals surface area contributed by atoms with E-state index in [1.165, 1.54) is 10.1 Å². The second kappa shape index (κ2) is 4.63. The van der Waals surface area contributed by atoms with Crippen molar-refractivity contribution in [3.63, 3.8) is 0 Å². The Morgan fingerprint density at radius 2 is 2.25 bits per heavy atom. The van der Waals surface area contributed by atoms with Crippen LogP contribution < -0.4 is 5.32 Å². The summed E-state index contributed by atoms with van der Waals surface area (Å²) in [5.41, 5.74) is 1.16. The van der Waals surface area contributed by atoms with Crippen LogP contribution in [0.3, 0.4) is 0 Å². The quantitative estimate of drug-likeness (QED) is 0.856. The van der Waals surface area contributed by atoms with Crippen LogP contribution in [-0.4, -0.2) is 17.1 Å². The number of aliphatic carboxylic acids is 1. The van der Waals surface area contributed by atoms with Crippen LogP contribution in [0.15, 0.2) is 29.6 Å². The zero-order valence-electron chi connectivity index (χ0n) is 8.93. The SMILES string of the molecule is C[C@@H](NCc1csc2ccccc12)C(=O)O. The predicted molar refractivity (Wildman–Crippen MR) is 65.8 cm³/mol. The first kappa shape index (κ1) is 11.1. The molecule has 0 aliphatic rings. The monoisotopic (exact) mass is 235 g/mol. The topological polar surface area (TPSA) is 49.3 Å². The van der Waals surface area contributed by atoms with E-state index in [0.29, 0.717) is 6.54 Å². The van der Waals surface area contributed by atoms with E-state index in [4.69, 9.17) is 5.11 Å². The molecule has 0 amide bonds. The Hall–Kier alpha value is -1.39. The molecule has 0 aliphatic carbocycles. The van der Waals surface area contributed by atoms with Gasteiger partial charge in [0.1, 0.15) is 6.04 Å². The van der Waals surface area contributed by atoms with E-state index in [2.05, 4.69) is 22.8 Å². The van der Waals surface area contributed by atoms with Crippen molar-refractivity contribution in [1.29, 1.82) is 0 Å². The largest absolute Gasteiger partial charge is 0.480 e. The maximum absolute atomic E-state index is 10.7. The normalized spacial score (nSPS) is 12.8. The third kappa shape index (κ3) is 2.23. The Kier molecular flexibility index (Phi) is 3.22. The summed E-state index contributed by atoms with van der Waals surface area (Å²) in [4.78, 5) is 10.7. The molecule has 0 spiro atoms. The third-order valence-corrected chi connectivity index (χ3v) is 3.54. The highest BCUT2D eigenvalue weighted by atomic mass is 32.1. The van der Waals surface area contributed by atoms with Gasteiger partial charge in [0, 0.05) is 11.2 Å².